The minimum atomic E-state index is -0.683. The van der Waals surface area contributed by atoms with Gasteiger partial charge in [0, 0.05) is 66.2 Å². The Morgan fingerprint density at radius 1 is 1.16 bits per heavy atom. The zero-order valence-corrected chi connectivity index (χ0v) is 23.4. The first-order valence-corrected chi connectivity index (χ1v) is 13.8. The summed E-state index contributed by atoms with van der Waals surface area (Å²) in [6, 6.07) is 1.03. The van der Waals surface area contributed by atoms with Crippen molar-refractivity contribution in [3.63, 3.8) is 0 Å². The number of carbonyl (C=O) groups is 3. The van der Waals surface area contributed by atoms with E-state index in [4.69, 9.17) is 11.6 Å². The highest BCUT2D eigenvalue weighted by Crippen LogP contribution is 2.34. The third-order valence-corrected chi connectivity index (χ3v) is 8.16. The number of amides is 3. The number of Topliss-reactive ketones (excluding diaryl/α,β-unsaturated/α-hetero) is 1. The maximum Gasteiger partial charge on any atom is 0.318 e. The molecule has 38 heavy (non-hydrogen) atoms. The highest BCUT2D eigenvalue weighted by molar-refractivity contribution is 6.32. The van der Waals surface area contributed by atoms with E-state index >= 15 is 0 Å². The van der Waals surface area contributed by atoms with Crippen LogP contribution < -0.4 is 5.32 Å². The van der Waals surface area contributed by atoms with Crippen molar-refractivity contribution >= 4 is 41.2 Å². The summed E-state index contributed by atoms with van der Waals surface area (Å²) in [5.74, 6) is 0.138. The Balaban J connectivity index is 1.33. The SMILES string of the molecule is CC1=NCC(=O)C(C2CCN(C(=O)N[C@@H]3Cc4cc(Cl)c5c(c4CN(CC(C)(C)C)C3=O)C=NC5)CC2)=C1. The van der Waals surface area contributed by atoms with Crippen molar-refractivity contribution in [2.45, 2.75) is 66.1 Å². The van der Waals surface area contributed by atoms with Crippen LogP contribution in [0.15, 0.2) is 27.7 Å². The van der Waals surface area contributed by atoms with Gasteiger partial charge in [-0.05, 0) is 54.4 Å². The van der Waals surface area contributed by atoms with Gasteiger partial charge < -0.3 is 15.1 Å². The molecule has 1 N–H and O–H groups in total. The number of carbonyl (C=O) groups excluding carboxylic acids is 3. The molecular formula is C29H36ClN5O3. The molecule has 1 atom stereocenters. The van der Waals surface area contributed by atoms with E-state index in [1.807, 2.05) is 30.2 Å². The summed E-state index contributed by atoms with van der Waals surface area (Å²) >= 11 is 6.60. The number of hydrogen-bond acceptors (Lipinski definition) is 5. The number of nitrogens with zero attached hydrogens (tertiary/aromatic N) is 4. The normalized spacial score (nSPS) is 22.1. The number of hydrogen-bond donors (Lipinski definition) is 1. The molecule has 0 unspecified atom stereocenters. The fourth-order valence-corrected chi connectivity index (χ4v) is 6.25. The molecule has 8 nitrogen and oxygen atoms in total. The Bertz CT molecular complexity index is 1270. The number of likely N-dealkylation sites (tertiary alicyclic amines) is 1. The van der Waals surface area contributed by atoms with Crippen LogP contribution >= 0.6 is 11.6 Å². The predicted octanol–water partition coefficient (Wildman–Crippen LogP) is 3.96. The fraction of sp³-hybridized carbons (Fsp3) is 0.552. The Kier molecular flexibility index (Phi) is 7.20. The van der Waals surface area contributed by atoms with Crippen LogP contribution in [-0.4, -0.2) is 71.7 Å². The maximum absolute atomic E-state index is 13.8. The maximum atomic E-state index is 13.8. The number of nitrogens with one attached hydrogen (secondary N) is 1. The monoisotopic (exact) mass is 537 g/mol. The lowest BCUT2D eigenvalue weighted by molar-refractivity contribution is -0.134. The molecule has 0 saturated carbocycles. The van der Waals surface area contributed by atoms with Crippen LogP contribution in [0.2, 0.25) is 5.02 Å². The van der Waals surface area contributed by atoms with Gasteiger partial charge in [0.15, 0.2) is 5.78 Å². The number of fused-ring (bicyclic) bond motifs is 3. The summed E-state index contributed by atoms with van der Waals surface area (Å²) < 4.78 is 0. The van der Waals surface area contributed by atoms with Gasteiger partial charge in [-0.1, -0.05) is 32.4 Å². The second-order valence-electron chi connectivity index (χ2n) is 12.1. The smallest absolute Gasteiger partial charge is 0.318 e. The number of urea groups is 1. The van der Waals surface area contributed by atoms with Crippen molar-refractivity contribution < 1.29 is 14.4 Å². The molecule has 1 saturated heterocycles. The van der Waals surface area contributed by atoms with E-state index in [9.17, 15) is 14.4 Å². The lowest BCUT2D eigenvalue weighted by atomic mass is 9.85. The molecule has 1 aromatic rings. The highest BCUT2D eigenvalue weighted by Gasteiger charge is 2.36. The van der Waals surface area contributed by atoms with E-state index < -0.39 is 6.04 Å². The molecule has 0 spiro atoms. The lowest BCUT2D eigenvalue weighted by Crippen LogP contribution is -2.54. The fourth-order valence-electron chi connectivity index (χ4n) is 5.96. The zero-order chi connectivity index (χ0) is 27.2. The number of ketones is 1. The molecule has 0 radical (unpaired) electrons. The molecule has 4 aliphatic rings. The number of rotatable bonds is 3. The topological polar surface area (TPSA) is 94.4 Å². The van der Waals surface area contributed by atoms with E-state index in [1.54, 1.807) is 4.90 Å². The van der Waals surface area contributed by atoms with E-state index in [1.165, 1.54) is 0 Å². The molecule has 0 aliphatic carbocycles. The van der Waals surface area contributed by atoms with E-state index in [-0.39, 0.29) is 35.6 Å². The molecule has 5 rings (SSSR count). The van der Waals surface area contributed by atoms with Crippen LogP contribution in [-0.2, 0) is 29.1 Å². The Labute approximate surface area is 229 Å². The van der Waals surface area contributed by atoms with Gasteiger partial charge in [-0.2, -0.15) is 0 Å². The Morgan fingerprint density at radius 3 is 2.61 bits per heavy atom. The Hall–Kier alpha value is -3.00. The second kappa shape index (κ2) is 10.3. The average molecular weight is 538 g/mol. The summed E-state index contributed by atoms with van der Waals surface area (Å²) in [7, 11) is 0. The molecule has 202 valence electrons. The zero-order valence-electron chi connectivity index (χ0n) is 22.6. The quantitative estimate of drug-likeness (QED) is 0.632. The molecule has 4 heterocycles. The van der Waals surface area contributed by atoms with Crippen LogP contribution in [0.5, 0.6) is 0 Å². The van der Waals surface area contributed by atoms with Gasteiger partial charge >= 0.3 is 6.03 Å². The standard InChI is InChI=1S/C29H36ClN5O3/c1-17-9-20(26(36)14-32-17)18-5-7-34(8-6-18)28(38)33-25-11-19-10-24(30)22-13-31-12-21(22)23(19)15-35(27(25)37)16-29(2,3)4/h9-10,12,18,25H,5-8,11,13-16H2,1-4H3,(H,33,38)/t25-/m1/s1. The van der Waals surface area contributed by atoms with Gasteiger partial charge in [0.1, 0.15) is 12.6 Å². The molecule has 4 aliphatic heterocycles. The van der Waals surface area contributed by atoms with Crippen molar-refractivity contribution in [3.05, 3.63) is 45.0 Å². The van der Waals surface area contributed by atoms with Gasteiger partial charge in [-0.15, -0.1) is 0 Å². The molecular weight excluding hydrogens is 502 g/mol. The van der Waals surface area contributed by atoms with Crippen LogP contribution in [0.25, 0.3) is 0 Å². The molecule has 3 amide bonds. The van der Waals surface area contributed by atoms with Crippen LogP contribution in [0, 0.1) is 11.3 Å². The number of allylic oxidation sites excluding steroid dienone is 1. The summed E-state index contributed by atoms with van der Waals surface area (Å²) in [5, 5.41) is 3.71. The first-order valence-electron chi connectivity index (χ1n) is 13.4. The summed E-state index contributed by atoms with van der Waals surface area (Å²) in [5.41, 5.74) is 5.68. The van der Waals surface area contributed by atoms with E-state index in [2.05, 4.69) is 36.1 Å². The van der Waals surface area contributed by atoms with Gasteiger partial charge in [0.2, 0.25) is 5.91 Å². The van der Waals surface area contributed by atoms with Gasteiger partial charge in [0.05, 0.1) is 6.54 Å². The number of benzene rings is 1. The summed E-state index contributed by atoms with van der Waals surface area (Å²) in [4.78, 5) is 51.8. The first kappa shape index (κ1) is 26.6. The van der Waals surface area contributed by atoms with Gasteiger partial charge in [0.25, 0.3) is 0 Å². The lowest BCUT2D eigenvalue weighted by Gasteiger charge is -2.35. The van der Waals surface area contributed by atoms with Crippen LogP contribution in [0.3, 0.4) is 0 Å². The van der Waals surface area contributed by atoms with Gasteiger partial charge in [-0.3, -0.25) is 19.6 Å². The minimum absolute atomic E-state index is 0.0770. The van der Waals surface area contributed by atoms with Crippen molar-refractivity contribution in [2.75, 3.05) is 26.2 Å². The minimum Gasteiger partial charge on any atom is -0.336 e. The third-order valence-electron chi connectivity index (χ3n) is 7.82. The van der Waals surface area contributed by atoms with Gasteiger partial charge in [-0.25, -0.2) is 4.79 Å². The molecule has 9 heteroatoms. The number of aliphatic imine (C=N–C) groups is 2. The van der Waals surface area contributed by atoms with Crippen LogP contribution in [0.1, 0.15) is 62.8 Å². The molecule has 0 aromatic heterocycles. The number of dihydropyridines is 1. The average Bonchev–Trinajstić information content (AvgIpc) is 3.32. The van der Waals surface area contributed by atoms with Crippen molar-refractivity contribution in [2.24, 2.45) is 21.3 Å². The number of piperidine rings is 1. The molecule has 1 fully saturated rings. The largest absolute Gasteiger partial charge is 0.336 e. The van der Waals surface area contributed by atoms with Crippen molar-refractivity contribution in [1.29, 1.82) is 0 Å². The van der Waals surface area contributed by atoms with E-state index in [0.717, 1.165) is 46.4 Å². The third kappa shape index (κ3) is 5.41. The first-order chi connectivity index (χ1) is 18.0. The molecule has 1 aromatic carbocycles. The predicted molar refractivity (Wildman–Crippen MR) is 149 cm³/mol. The van der Waals surface area contributed by atoms with Crippen LogP contribution in [0.4, 0.5) is 4.79 Å². The summed E-state index contributed by atoms with van der Waals surface area (Å²) in [6.07, 6.45) is 5.58. The van der Waals surface area contributed by atoms with Crippen molar-refractivity contribution in [1.82, 2.24) is 15.1 Å². The highest BCUT2D eigenvalue weighted by atomic mass is 35.5. The second-order valence-corrected chi connectivity index (χ2v) is 12.5. The Morgan fingerprint density at radius 2 is 1.89 bits per heavy atom. The van der Waals surface area contributed by atoms with E-state index in [0.29, 0.717) is 44.2 Å². The summed E-state index contributed by atoms with van der Waals surface area (Å²) in [6.45, 7) is 11.1. The van der Waals surface area contributed by atoms with Crippen molar-refractivity contribution in [3.8, 4) is 0 Å². The number of halogens is 1. The molecule has 0 bridgehead atoms.